The van der Waals surface area contributed by atoms with Crippen molar-refractivity contribution in [1.82, 2.24) is 29.9 Å². The maximum absolute atomic E-state index is 12.8. The Kier molecular flexibility index (Phi) is 6.37. The van der Waals surface area contributed by atoms with Crippen LogP contribution in [0.2, 0.25) is 0 Å². The van der Waals surface area contributed by atoms with E-state index in [1.54, 1.807) is 0 Å². The van der Waals surface area contributed by atoms with Crippen molar-refractivity contribution in [1.29, 1.82) is 0 Å². The molecule has 0 aliphatic carbocycles. The van der Waals surface area contributed by atoms with E-state index in [1.807, 2.05) is 24.1 Å². The molecule has 8 bridgehead atoms. The van der Waals surface area contributed by atoms with Gasteiger partial charge in [0.2, 0.25) is 11.9 Å². The Hall–Kier alpha value is -3.23. The van der Waals surface area contributed by atoms with Crippen LogP contribution in [0.3, 0.4) is 0 Å². The molecular formula is C25H31N7O. The predicted octanol–water partition coefficient (Wildman–Crippen LogP) is 2.74. The molecule has 1 fully saturated rings. The third-order valence-corrected chi connectivity index (χ3v) is 6.41. The number of amides is 1. The first kappa shape index (κ1) is 21.6. The van der Waals surface area contributed by atoms with Crippen molar-refractivity contribution >= 4 is 17.5 Å². The quantitative estimate of drug-likeness (QED) is 0.554. The van der Waals surface area contributed by atoms with Crippen molar-refractivity contribution in [2.75, 3.05) is 51.6 Å². The fourth-order valence-corrected chi connectivity index (χ4v) is 4.57. The molecule has 8 nitrogen and oxygen atoms in total. The maximum Gasteiger partial charge on any atom is 0.246 e. The highest BCUT2D eigenvalue weighted by atomic mass is 16.2. The van der Waals surface area contributed by atoms with Crippen LogP contribution in [0.5, 0.6) is 0 Å². The number of H-pyrrole nitrogens is 1. The van der Waals surface area contributed by atoms with Crippen LogP contribution in [0.1, 0.15) is 17.5 Å². The summed E-state index contributed by atoms with van der Waals surface area (Å²) < 4.78 is 0. The van der Waals surface area contributed by atoms with Gasteiger partial charge in [0.1, 0.15) is 0 Å². The minimum absolute atomic E-state index is 0.233. The number of carbonyl (C=O) groups excluding carboxylic acids is 1. The Morgan fingerprint density at radius 2 is 1.73 bits per heavy atom. The third kappa shape index (κ3) is 5.40. The van der Waals surface area contributed by atoms with Gasteiger partial charge in [0.25, 0.3) is 0 Å². The van der Waals surface area contributed by atoms with Crippen LogP contribution in [-0.2, 0) is 17.8 Å². The summed E-state index contributed by atoms with van der Waals surface area (Å²) in [4.78, 5) is 24.0. The molecule has 4 heterocycles. The molecule has 0 saturated carbocycles. The monoisotopic (exact) mass is 445 g/mol. The number of benzene rings is 2. The molecule has 3 aromatic rings. The topological polar surface area (TPSA) is 80.4 Å². The second-order valence-electron chi connectivity index (χ2n) is 9.03. The number of nitrogens with zero attached hydrogens (tertiary/aromatic N) is 5. The summed E-state index contributed by atoms with van der Waals surface area (Å²) in [6, 6.07) is 16.8. The normalized spacial score (nSPS) is 18.6. The Morgan fingerprint density at radius 3 is 2.61 bits per heavy atom. The van der Waals surface area contributed by atoms with E-state index in [4.69, 9.17) is 0 Å². The Bertz CT molecular complexity index is 1100. The SMILES string of the molecule is CN1CCCc2cccc(c2)-c2nc(n[nH]2)Nc2cccc(c2)CN2CCN(CC2)C(=O)C1. The Labute approximate surface area is 194 Å². The molecule has 33 heavy (non-hydrogen) atoms. The fourth-order valence-electron chi connectivity index (χ4n) is 4.57. The average Bonchev–Trinajstić information content (AvgIpc) is 3.28. The highest BCUT2D eigenvalue weighted by Crippen LogP contribution is 2.21. The van der Waals surface area contributed by atoms with E-state index >= 15 is 0 Å². The second-order valence-corrected chi connectivity index (χ2v) is 9.03. The number of carbonyl (C=O) groups is 1. The number of rotatable bonds is 0. The summed E-state index contributed by atoms with van der Waals surface area (Å²) in [5, 5.41) is 10.8. The zero-order valence-electron chi connectivity index (χ0n) is 19.1. The first-order valence-electron chi connectivity index (χ1n) is 11.7. The summed E-state index contributed by atoms with van der Waals surface area (Å²) >= 11 is 0. The van der Waals surface area contributed by atoms with E-state index in [1.165, 1.54) is 11.1 Å². The average molecular weight is 446 g/mol. The molecule has 1 amide bonds. The van der Waals surface area contributed by atoms with Gasteiger partial charge in [0.05, 0.1) is 6.54 Å². The Morgan fingerprint density at radius 1 is 0.909 bits per heavy atom. The van der Waals surface area contributed by atoms with Crippen LogP contribution >= 0.6 is 0 Å². The molecule has 1 aromatic heterocycles. The molecule has 2 N–H and O–H groups in total. The van der Waals surface area contributed by atoms with Crippen LogP contribution < -0.4 is 5.32 Å². The number of hydrogen-bond acceptors (Lipinski definition) is 6. The smallest absolute Gasteiger partial charge is 0.246 e. The number of nitrogens with one attached hydrogen (secondary N) is 2. The van der Waals surface area contributed by atoms with Gasteiger partial charge in [-0.3, -0.25) is 19.7 Å². The van der Waals surface area contributed by atoms with Crippen molar-refractivity contribution < 1.29 is 4.79 Å². The highest BCUT2D eigenvalue weighted by molar-refractivity contribution is 5.78. The molecule has 3 aliphatic rings. The van der Waals surface area contributed by atoms with E-state index in [9.17, 15) is 4.79 Å². The van der Waals surface area contributed by atoms with Gasteiger partial charge in [-0.1, -0.05) is 30.3 Å². The molecule has 6 rings (SSSR count). The summed E-state index contributed by atoms with van der Waals surface area (Å²) in [6.07, 6.45) is 1.96. The van der Waals surface area contributed by atoms with Crippen LogP contribution in [0.4, 0.5) is 11.6 Å². The van der Waals surface area contributed by atoms with Crippen LogP contribution in [0.25, 0.3) is 11.4 Å². The summed E-state index contributed by atoms with van der Waals surface area (Å²) in [5.41, 5.74) is 4.48. The minimum Gasteiger partial charge on any atom is -0.339 e. The van der Waals surface area contributed by atoms with Gasteiger partial charge in [-0.05, 0) is 55.8 Å². The Balaban J connectivity index is 1.39. The number of piperazine rings is 1. The molecule has 1 saturated heterocycles. The first-order chi connectivity index (χ1) is 16.1. The molecule has 0 spiro atoms. The van der Waals surface area contributed by atoms with E-state index in [-0.39, 0.29) is 5.91 Å². The van der Waals surface area contributed by atoms with Gasteiger partial charge in [-0.25, -0.2) is 0 Å². The summed E-state index contributed by atoms with van der Waals surface area (Å²) in [7, 11) is 2.04. The number of aryl methyl sites for hydroxylation is 1. The van der Waals surface area contributed by atoms with Crippen molar-refractivity contribution in [2.45, 2.75) is 19.4 Å². The molecular weight excluding hydrogens is 414 g/mol. The van der Waals surface area contributed by atoms with Gasteiger partial charge in [-0.2, -0.15) is 4.98 Å². The lowest BCUT2D eigenvalue weighted by Crippen LogP contribution is -2.50. The van der Waals surface area contributed by atoms with E-state index < -0.39 is 0 Å². The molecule has 0 atom stereocenters. The van der Waals surface area contributed by atoms with Crippen molar-refractivity contribution in [2.24, 2.45) is 0 Å². The number of likely N-dealkylation sites (N-methyl/N-ethyl adjacent to an activating group) is 1. The molecule has 2 aromatic carbocycles. The number of aromatic amines is 1. The lowest BCUT2D eigenvalue weighted by molar-refractivity contribution is -0.133. The highest BCUT2D eigenvalue weighted by Gasteiger charge is 2.22. The van der Waals surface area contributed by atoms with Crippen LogP contribution in [0, 0.1) is 0 Å². The van der Waals surface area contributed by atoms with E-state index in [2.05, 4.69) is 66.7 Å². The van der Waals surface area contributed by atoms with Crippen molar-refractivity contribution in [3.63, 3.8) is 0 Å². The van der Waals surface area contributed by atoms with Gasteiger partial charge < -0.3 is 10.2 Å². The number of anilines is 2. The number of fused-ring (bicyclic) bond motifs is 7. The van der Waals surface area contributed by atoms with Crippen molar-refractivity contribution in [3.05, 3.63) is 59.7 Å². The molecule has 172 valence electrons. The van der Waals surface area contributed by atoms with Gasteiger partial charge in [0.15, 0.2) is 5.82 Å². The number of hydrogen-bond donors (Lipinski definition) is 2. The lowest BCUT2D eigenvalue weighted by Gasteiger charge is -2.35. The van der Waals surface area contributed by atoms with Gasteiger partial charge >= 0.3 is 0 Å². The maximum atomic E-state index is 12.8. The van der Waals surface area contributed by atoms with Crippen molar-refractivity contribution in [3.8, 4) is 11.4 Å². The minimum atomic E-state index is 0.233. The summed E-state index contributed by atoms with van der Waals surface area (Å²) in [5.74, 6) is 1.55. The zero-order chi connectivity index (χ0) is 22.6. The van der Waals surface area contributed by atoms with Crippen LogP contribution in [0.15, 0.2) is 48.5 Å². The van der Waals surface area contributed by atoms with Gasteiger partial charge in [0, 0.05) is 44.0 Å². The second kappa shape index (κ2) is 9.72. The predicted molar refractivity (Wildman–Crippen MR) is 129 cm³/mol. The van der Waals surface area contributed by atoms with E-state index in [0.717, 1.165) is 69.2 Å². The first-order valence-corrected chi connectivity index (χ1v) is 11.7. The standard InChI is InChI=1S/C25H31N7O/c1-30-10-4-7-19-5-2-8-21(15-19)24-27-25(29-28-24)26-22-9-3-6-20(16-22)17-31-11-13-32(14-12-31)23(33)18-30/h2-3,5-6,8-9,15-16H,4,7,10-14,17-18H2,1H3,(H2,26,27,28,29). The lowest BCUT2D eigenvalue weighted by atomic mass is 10.1. The third-order valence-electron chi connectivity index (χ3n) is 6.41. The van der Waals surface area contributed by atoms with Crippen LogP contribution in [-0.4, -0.2) is 82.1 Å². The zero-order valence-corrected chi connectivity index (χ0v) is 19.1. The largest absolute Gasteiger partial charge is 0.339 e. The summed E-state index contributed by atoms with van der Waals surface area (Å²) in [6.45, 7) is 5.61. The van der Waals surface area contributed by atoms with Gasteiger partial charge in [-0.15, -0.1) is 5.10 Å². The van der Waals surface area contributed by atoms with E-state index in [0.29, 0.717) is 12.5 Å². The fraction of sp³-hybridized carbons (Fsp3) is 0.400. The molecule has 8 heteroatoms. The molecule has 3 aliphatic heterocycles. The molecule has 0 radical (unpaired) electrons. The molecule has 0 unspecified atom stereocenters. The number of aromatic nitrogens is 3.